The molecule has 22 heavy (non-hydrogen) atoms. The van der Waals surface area contributed by atoms with Gasteiger partial charge in [-0.25, -0.2) is 4.79 Å². The maximum atomic E-state index is 12.3. The fourth-order valence-electron chi connectivity index (χ4n) is 2.62. The number of aromatic nitrogens is 2. The van der Waals surface area contributed by atoms with Gasteiger partial charge in [-0.2, -0.15) is 10.2 Å². The first-order valence-electron chi connectivity index (χ1n) is 7.19. The van der Waals surface area contributed by atoms with Gasteiger partial charge in [-0.05, 0) is 24.5 Å². The minimum atomic E-state index is -0.326. The molecule has 0 aliphatic carbocycles. The van der Waals surface area contributed by atoms with Gasteiger partial charge in [0, 0.05) is 6.54 Å². The van der Waals surface area contributed by atoms with E-state index in [1.54, 1.807) is 11.0 Å². The van der Waals surface area contributed by atoms with Crippen LogP contribution in [0.5, 0.6) is 0 Å². The van der Waals surface area contributed by atoms with Crippen molar-refractivity contribution in [3.8, 4) is 0 Å². The third kappa shape index (κ3) is 3.36. The molecule has 0 unspecified atom stereocenters. The summed E-state index contributed by atoms with van der Waals surface area (Å²) in [4.78, 5) is 14.0. The Morgan fingerprint density at radius 2 is 2.18 bits per heavy atom. The van der Waals surface area contributed by atoms with Crippen LogP contribution in [0.15, 0.2) is 42.6 Å². The number of halogens is 1. The van der Waals surface area contributed by atoms with Gasteiger partial charge in [-0.3, -0.25) is 4.90 Å². The average Bonchev–Trinajstić information content (AvgIpc) is 3.03. The van der Waals surface area contributed by atoms with Crippen LogP contribution in [0.3, 0.4) is 0 Å². The van der Waals surface area contributed by atoms with Crippen LogP contribution in [-0.4, -0.2) is 27.7 Å². The second kappa shape index (κ2) is 6.75. The van der Waals surface area contributed by atoms with Crippen LogP contribution in [0.1, 0.15) is 30.1 Å². The molecular weight excluding hydrogens is 302 g/mol. The minimum Gasteiger partial charge on any atom is -0.445 e. The molecule has 1 amide bonds. The van der Waals surface area contributed by atoms with Crippen LogP contribution < -0.4 is 0 Å². The number of carbonyl (C=O) groups excluding carboxylic acids is 1. The van der Waals surface area contributed by atoms with Gasteiger partial charge in [0.05, 0.1) is 23.0 Å². The molecule has 1 atom stereocenters. The number of benzene rings is 1. The van der Waals surface area contributed by atoms with Crippen molar-refractivity contribution in [3.63, 3.8) is 0 Å². The van der Waals surface area contributed by atoms with E-state index in [2.05, 4.69) is 10.2 Å². The van der Waals surface area contributed by atoms with E-state index < -0.39 is 0 Å². The highest BCUT2D eigenvalue weighted by Crippen LogP contribution is 2.31. The highest BCUT2D eigenvalue weighted by molar-refractivity contribution is 6.30. The van der Waals surface area contributed by atoms with Crippen molar-refractivity contribution in [2.75, 3.05) is 6.54 Å². The van der Waals surface area contributed by atoms with E-state index in [0.717, 1.165) is 18.4 Å². The number of amides is 1. The van der Waals surface area contributed by atoms with Gasteiger partial charge in [0.1, 0.15) is 6.61 Å². The third-order valence-electron chi connectivity index (χ3n) is 3.67. The van der Waals surface area contributed by atoms with Gasteiger partial charge in [-0.15, -0.1) is 0 Å². The molecule has 0 spiro atoms. The van der Waals surface area contributed by atoms with Crippen LogP contribution in [0.2, 0.25) is 5.02 Å². The second-order valence-electron chi connectivity index (χ2n) is 5.19. The van der Waals surface area contributed by atoms with Crippen molar-refractivity contribution >= 4 is 17.7 Å². The van der Waals surface area contributed by atoms with Crippen LogP contribution in [0.4, 0.5) is 4.79 Å². The summed E-state index contributed by atoms with van der Waals surface area (Å²) in [6.07, 6.45) is 2.92. The zero-order valence-corrected chi connectivity index (χ0v) is 12.7. The van der Waals surface area contributed by atoms with Gasteiger partial charge < -0.3 is 4.74 Å². The predicted molar refractivity (Wildman–Crippen MR) is 82.4 cm³/mol. The number of likely N-dealkylation sites (tertiary alicyclic amines) is 1. The largest absolute Gasteiger partial charge is 0.445 e. The van der Waals surface area contributed by atoms with Gasteiger partial charge >= 0.3 is 6.09 Å². The summed E-state index contributed by atoms with van der Waals surface area (Å²) in [5.74, 6) is 0. The summed E-state index contributed by atoms with van der Waals surface area (Å²) in [6, 6.07) is 11.3. The standard InChI is InChI=1S/C16H16ClN3O2/c17-13-9-14(19-18-10-13)15-7-4-8-20(15)16(21)22-11-12-5-2-1-3-6-12/h1-3,5-6,9-10,15H,4,7-8,11H2/t15-/m1/s1. The van der Waals surface area contributed by atoms with Crippen molar-refractivity contribution in [3.05, 3.63) is 58.9 Å². The molecule has 1 aromatic heterocycles. The fraction of sp³-hybridized carbons (Fsp3) is 0.312. The van der Waals surface area contributed by atoms with Gasteiger partial charge in [0.2, 0.25) is 0 Å². The van der Waals surface area contributed by atoms with E-state index in [0.29, 0.717) is 17.3 Å². The summed E-state index contributed by atoms with van der Waals surface area (Å²) in [5.41, 5.74) is 1.68. The topological polar surface area (TPSA) is 55.3 Å². The number of hydrogen-bond donors (Lipinski definition) is 0. The smallest absolute Gasteiger partial charge is 0.410 e. The molecule has 1 saturated heterocycles. The third-order valence-corrected chi connectivity index (χ3v) is 3.88. The SMILES string of the molecule is O=C(OCc1ccccc1)N1CCC[C@@H]1c1cc(Cl)cnn1. The zero-order chi connectivity index (χ0) is 15.4. The Hall–Kier alpha value is -2.14. The second-order valence-corrected chi connectivity index (χ2v) is 5.63. The predicted octanol–water partition coefficient (Wildman–Crippen LogP) is 3.60. The van der Waals surface area contributed by atoms with Crippen molar-refractivity contribution < 1.29 is 9.53 Å². The lowest BCUT2D eigenvalue weighted by molar-refractivity contribution is 0.0914. The van der Waals surface area contributed by atoms with E-state index in [4.69, 9.17) is 16.3 Å². The van der Waals surface area contributed by atoms with Gasteiger partial charge in [0.25, 0.3) is 0 Å². The molecule has 0 radical (unpaired) electrons. The molecular formula is C16H16ClN3O2. The Labute approximate surface area is 133 Å². The normalized spacial score (nSPS) is 17.5. The molecule has 3 rings (SSSR count). The molecule has 0 N–H and O–H groups in total. The molecule has 1 aliphatic heterocycles. The van der Waals surface area contributed by atoms with E-state index in [1.165, 1.54) is 6.20 Å². The van der Waals surface area contributed by atoms with Gasteiger partial charge in [0.15, 0.2) is 0 Å². The molecule has 114 valence electrons. The van der Waals surface area contributed by atoms with Crippen molar-refractivity contribution in [2.24, 2.45) is 0 Å². The number of ether oxygens (including phenoxy) is 1. The summed E-state index contributed by atoms with van der Waals surface area (Å²) in [7, 11) is 0. The summed E-state index contributed by atoms with van der Waals surface area (Å²) in [6.45, 7) is 0.927. The molecule has 5 nitrogen and oxygen atoms in total. The Morgan fingerprint density at radius 3 is 2.95 bits per heavy atom. The van der Waals surface area contributed by atoms with Crippen molar-refractivity contribution in [1.82, 2.24) is 15.1 Å². The summed E-state index contributed by atoms with van der Waals surface area (Å²) in [5, 5.41) is 8.47. The quantitative estimate of drug-likeness (QED) is 0.868. The van der Waals surface area contributed by atoms with E-state index in [-0.39, 0.29) is 18.7 Å². The Balaban J connectivity index is 1.66. The number of hydrogen-bond acceptors (Lipinski definition) is 4. The molecule has 0 saturated carbocycles. The van der Waals surface area contributed by atoms with Gasteiger partial charge in [-0.1, -0.05) is 41.9 Å². The summed E-state index contributed by atoms with van der Waals surface area (Å²) >= 11 is 5.95. The zero-order valence-electron chi connectivity index (χ0n) is 12.0. The number of nitrogens with zero attached hydrogens (tertiary/aromatic N) is 3. The van der Waals surface area contributed by atoms with Crippen molar-refractivity contribution in [1.29, 1.82) is 0 Å². The first-order chi connectivity index (χ1) is 10.7. The Kier molecular flexibility index (Phi) is 4.53. The van der Waals surface area contributed by atoms with Crippen LogP contribution in [0, 0.1) is 0 Å². The molecule has 1 aromatic carbocycles. The van der Waals surface area contributed by atoms with Crippen molar-refractivity contribution in [2.45, 2.75) is 25.5 Å². The first-order valence-corrected chi connectivity index (χ1v) is 7.57. The number of rotatable bonds is 3. The lowest BCUT2D eigenvalue weighted by Crippen LogP contribution is -2.31. The van der Waals surface area contributed by atoms with E-state index in [9.17, 15) is 4.79 Å². The van der Waals surface area contributed by atoms with E-state index >= 15 is 0 Å². The summed E-state index contributed by atoms with van der Waals surface area (Å²) < 4.78 is 5.40. The fourth-order valence-corrected chi connectivity index (χ4v) is 2.77. The molecule has 2 aromatic rings. The molecule has 1 fully saturated rings. The van der Waals surface area contributed by atoms with E-state index in [1.807, 2.05) is 30.3 Å². The highest BCUT2D eigenvalue weighted by atomic mass is 35.5. The Bertz CT molecular complexity index is 651. The van der Waals surface area contributed by atoms with Crippen LogP contribution >= 0.6 is 11.6 Å². The first kappa shape index (κ1) is 14.8. The molecule has 1 aliphatic rings. The lowest BCUT2D eigenvalue weighted by atomic mass is 10.1. The van der Waals surface area contributed by atoms with Crippen LogP contribution in [-0.2, 0) is 11.3 Å². The Morgan fingerprint density at radius 1 is 1.36 bits per heavy atom. The van der Waals surface area contributed by atoms with Crippen LogP contribution in [0.25, 0.3) is 0 Å². The molecule has 0 bridgehead atoms. The highest BCUT2D eigenvalue weighted by Gasteiger charge is 2.32. The minimum absolute atomic E-state index is 0.116. The maximum Gasteiger partial charge on any atom is 0.410 e. The molecule has 2 heterocycles. The number of carbonyl (C=O) groups is 1. The molecule has 6 heteroatoms. The maximum absolute atomic E-state index is 12.3. The lowest BCUT2D eigenvalue weighted by Gasteiger charge is -2.23. The monoisotopic (exact) mass is 317 g/mol. The average molecular weight is 318 g/mol.